The van der Waals surface area contributed by atoms with Crippen LogP contribution in [0.3, 0.4) is 0 Å². The van der Waals surface area contributed by atoms with E-state index in [0.29, 0.717) is 174 Å². The van der Waals surface area contributed by atoms with Crippen LogP contribution in [0.15, 0.2) is 115 Å². The number of carbonyl (C=O) groups is 4. The van der Waals surface area contributed by atoms with E-state index >= 15 is 0 Å². The van der Waals surface area contributed by atoms with Crippen molar-refractivity contribution >= 4 is 143 Å². The van der Waals surface area contributed by atoms with Crippen molar-refractivity contribution < 1.29 is 48.0 Å². The Bertz CT molecular complexity index is 4750. The molecule has 0 aliphatic carbocycles. The van der Waals surface area contributed by atoms with Gasteiger partial charge in [-0.3, -0.25) is 34.6 Å². The Labute approximate surface area is 657 Å². The minimum absolute atomic E-state index is 0.00416. The molecule has 0 atom stereocenters. The van der Waals surface area contributed by atoms with Gasteiger partial charge in [0.2, 0.25) is 5.88 Å². The molecule has 3 amide bonds. The van der Waals surface area contributed by atoms with Crippen LogP contribution in [0.25, 0.3) is 32.7 Å². The van der Waals surface area contributed by atoms with Crippen LogP contribution in [0.5, 0.6) is 17.6 Å². The van der Waals surface area contributed by atoms with Gasteiger partial charge >= 0.3 is 17.3 Å². The first-order chi connectivity index (χ1) is 52.3. The minimum Gasteiger partial charge on any atom is -0.477 e. The number of halogens is 4. The Hall–Kier alpha value is -9.45. The van der Waals surface area contributed by atoms with E-state index in [1.54, 1.807) is 53.1 Å². The Balaban J connectivity index is 0.000000175. The number of fused-ring (bicyclic) bond motifs is 3. The lowest BCUT2D eigenvalue weighted by Gasteiger charge is -2.37. The van der Waals surface area contributed by atoms with Crippen LogP contribution in [-0.2, 0) is 4.74 Å². The van der Waals surface area contributed by atoms with Crippen LogP contribution >= 0.6 is 57.7 Å². The molecule has 0 saturated carbocycles. The summed E-state index contributed by atoms with van der Waals surface area (Å²) in [4.78, 5) is 108. The highest BCUT2D eigenvalue weighted by atomic mass is 35.5. The average Bonchev–Trinajstić information content (AvgIpc) is 0.867. The van der Waals surface area contributed by atoms with Gasteiger partial charge in [-0.1, -0.05) is 93.9 Å². The number of hydrogen-bond acceptors (Lipinski definition) is 22. The standard InChI is InChI=1S/C29H34Cl2N4O4.C25H27Cl2N5O4.C24H29N5O4S/c1-5-38-29(37)25-26(21-17-19(2)7-10-24(21)32-27(25)39-16-6-11-33(3)4)34-12-14-35(15-13-34)28(36)20-8-9-22(30)23(31)18-20;1-29(2)10-5-15-36-24-23(32(34)35)22(18-6-3-4-7-21(18)28-24)30-11-13-31(14-12-30)25(33)17-8-9-19(26)20(27)16-17;1-17-7-8-19-18(16-17)21(22(29(31)32)23(25-19)33-14-5-9-26(2)3)27-10-12-28(13-11-27)24(30)20-6-4-15-34-20/h7-10,17-18H,5-6,11-16H2,1-4H3;3-4,6-9,16H,5,10-15H2,1-2H3;4,6-8,15-16H,5,9-14H2,1-3H3. The van der Waals surface area contributed by atoms with E-state index in [9.17, 15) is 39.4 Å². The molecular formula is C78H90Cl4N14O12S. The number of para-hydroxylation sites is 1. The fourth-order valence-corrected chi connectivity index (χ4v) is 14.3. The Kier molecular flexibility index (Phi) is 28.8. The Morgan fingerprint density at radius 1 is 0.468 bits per heavy atom. The second kappa shape index (κ2) is 38.3. The number of piperazine rings is 3. The van der Waals surface area contributed by atoms with Crippen molar-refractivity contribution in [1.29, 1.82) is 0 Å². The third kappa shape index (κ3) is 20.7. The van der Waals surface area contributed by atoms with Crippen molar-refractivity contribution in [2.75, 3.05) is 182 Å². The zero-order chi connectivity index (χ0) is 78.2. The molecule has 12 rings (SSSR count). The molecule has 0 spiro atoms. The lowest BCUT2D eigenvalue weighted by Crippen LogP contribution is -2.49. The molecule has 3 aliphatic rings. The number of carbonyl (C=O) groups excluding carboxylic acids is 4. The first kappa shape index (κ1) is 82.1. The quantitative estimate of drug-likeness (QED) is 0.0223. The highest BCUT2D eigenvalue weighted by Crippen LogP contribution is 2.45. The number of aryl methyl sites for hydroxylation is 2. The molecule has 9 aromatic rings. The summed E-state index contributed by atoms with van der Waals surface area (Å²) in [5, 5.41) is 30.1. The van der Waals surface area contributed by atoms with Crippen LogP contribution in [-0.4, -0.2) is 245 Å². The average molecular weight is 1590 g/mol. The smallest absolute Gasteiger partial charge is 0.354 e. The van der Waals surface area contributed by atoms with E-state index in [0.717, 1.165) is 65.6 Å². The van der Waals surface area contributed by atoms with Gasteiger partial charge in [-0.2, -0.15) is 0 Å². The van der Waals surface area contributed by atoms with Gasteiger partial charge in [0.1, 0.15) is 16.9 Å². The third-order valence-electron chi connectivity index (χ3n) is 18.5. The summed E-state index contributed by atoms with van der Waals surface area (Å²) >= 11 is 25.7. The first-order valence-electron chi connectivity index (χ1n) is 36.0. The van der Waals surface area contributed by atoms with Crippen molar-refractivity contribution in [3.8, 4) is 17.6 Å². The van der Waals surface area contributed by atoms with E-state index in [1.807, 2.05) is 159 Å². The highest BCUT2D eigenvalue weighted by Gasteiger charge is 2.37. The predicted molar refractivity (Wildman–Crippen MR) is 432 cm³/mol. The van der Waals surface area contributed by atoms with Gasteiger partial charge in [-0.05, 0) is 160 Å². The summed E-state index contributed by atoms with van der Waals surface area (Å²) in [7, 11) is 11.9. The third-order valence-corrected chi connectivity index (χ3v) is 20.8. The molecule has 31 heteroatoms. The summed E-state index contributed by atoms with van der Waals surface area (Å²) in [5.74, 6) is -0.405. The van der Waals surface area contributed by atoms with Gasteiger partial charge in [-0.25, -0.2) is 19.7 Å². The van der Waals surface area contributed by atoms with Crippen molar-refractivity contribution in [1.82, 2.24) is 44.4 Å². The highest BCUT2D eigenvalue weighted by molar-refractivity contribution is 7.12. The first-order valence-corrected chi connectivity index (χ1v) is 38.4. The van der Waals surface area contributed by atoms with Crippen molar-refractivity contribution in [2.45, 2.75) is 40.0 Å². The zero-order valence-electron chi connectivity index (χ0n) is 62.6. The number of nitrogens with zero attached hydrogens (tertiary/aromatic N) is 14. The summed E-state index contributed by atoms with van der Waals surface area (Å²) < 4.78 is 23.3. The molecule has 109 heavy (non-hydrogen) atoms. The number of amides is 3. The molecule has 5 aromatic carbocycles. The van der Waals surface area contributed by atoms with Gasteiger partial charge in [0.25, 0.3) is 29.5 Å². The topological polar surface area (TPSA) is 259 Å². The molecule has 0 unspecified atom stereocenters. The fraction of sp³-hybridized carbons (Fsp3) is 0.397. The summed E-state index contributed by atoms with van der Waals surface area (Å²) in [6, 6.07) is 32.4. The molecule has 0 N–H and O–H groups in total. The number of benzene rings is 5. The molecule has 3 saturated heterocycles. The van der Waals surface area contributed by atoms with Crippen LogP contribution < -0.4 is 28.9 Å². The number of pyridine rings is 3. The Morgan fingerprint density at radius 2 is 0.862 bits per heavy atom. The van der Waals surface area contributed by atoms with Crippen molar-refractivity contribution in [3.63, 3.8) is 0 Å². The van der Waals surface area contributed by atoms with Crippen molar-refractivity contribution in [2.24, 2.45) is 0 Å². The largest absolute Gasteiger partial charge is 0.477 e. The molecule has 3 aliphatic heterocycles. The van der Waals surface area contributed by atoms with Crippen molar-refractivity contribution in [3.05, 3.63) is 188 Å². The van der Waals surface area contributed by atoms with Gasteiger partial charge in [0.05, 0.1) is 83.5 Å². The van der Waals surface area contributed by atoms with E-state index in [1.165, 1.54) is 11.3 Å². The lowest BCUT2D eigenvalue weighted by molar-refractivity contribution is -0.385. The number of rotatable bonds is 25. The molecule has 0 radical (unpaired) electrons. The molecule has 4 aromatic heterocycles. The van der Waals surface area contributed by atoms with Crippen LogP contribution in [0.1, 0.15) is 78.1 Å². The number of nitro groups is 2. The number of anilines is 3. The molecule has 0 bridgehead atoms. The SMILES string of the molecule is CCOC(=O)c1c(OCCCN(C)C)nc2ccc(C)cc2c1N1CCN(C(=O)c2ccc(Cl)c(Cl)c2)CC1.CN(C)CCCOc1nc2ccccc2c(N2CCN(C(=O)c3ccc(Cl)c(Cl)c3)CC2)c1[N+](=O)[O-].Cc1ccc2nc(OCCCN(C)C)c([N+](=O)[O-])c(N3CCN(C(=O)c4cccs4)CC3)c2c1. The van der Waals surface area contributed by atoms with Gasteiger partial charge in [-0.15, -0.1) is 11.3 Å². The number of thiophene rings is 1. The fourth-order valence-electron chi connectivity index (χ4n) is 13.0. The van der Waals surface area contributed by atoms with Crippen LogP contribution in [0.4, 0.5) is 28.4 Å². The van der Waals surface area contributed by atoms with Crippen LogP contribution in [0.2, 0.25) is 20.1 Å². The molecule has 578 valence electrons. The minimum atomic E-state index is -0.472. The number of ether oxygens (including phenoxy) is 4. The van der Waals surface area contributed by atoms with E-state index in [-0.39, 0.29) is 53.3 Å². The monoisotopic (exact) mass is 1590 g/mol. The van der Waals surface area contributed by atoms with E-state index < -0.39 is 15.8 Å². The maximum Gasteiger partial charge on any atom is 0.354 e. The van der Waals surface area contributed by atoms with E-state index in [4.69, 9.17) is 70.3 Å². The van der Waals surface area contributed by atoms with Gasteiger partial charge in [0.15, 0.2) is 0 Å². The summed E-state index contributed by atoms with van der Waals surface area (Å²) in [5.41, 5.74) is 6.78. The Morgan fingerprint density at radius 3 is 1.28 bits per heavy atom. The maximum atomic E-state index is 13.4. The maximum absolute atomic E-state index is 13.4. The second-order valence-electron chi connectivity index (χ2n) is 27.3. The number of esters is 1. The van der Waals surface area contributed by atoms with Gasteiger partial charge < -0.3 is 63.0 Å². The number of hydrogen-bond donors (Lipinski definition) is 0. The number of aromatic nitrogens is 3. The molecule has 26 nitrogen and oxygen atoms in total. The molecule has 3 fully saturated rings. The molecular weight excluding hydrogens is 1500 g/mol. The summed E-state index contributed by atoms with van der Waals surface area (Å²) in [6.45, 7) is 15.1. The zero-order valence-corrected chi connectivity index (χ0v) is 66.4. The lowest BCUT2D eigenvalue weighted by atomic mass is 10.0. The molecule has 7 heterocycles. The van der Waals surface area contributed by atoms with Crippen LogP contribution in [0, 0.1) is 34.1 Å². The normalized spacial score (nSPS) is 13.9. The second-order valence-corrected chi connectivity index (χ2v) is 29.8. The van der Waals surface area contributed by atoms with Gasteiger partial charge in [0, 0.05) is 125 Å². The van der Waals surface area contributed by atoms with E-state index in [2.05, 4.69) is 19.8 Å². The predicted octanol–water partition coefficient (Wildman–Crippen LogP) is 13.9. The summed E-state index contributed by atoms with van der Waals surface area (Å²) in [6.07, 6.45) is 2.23.